The Kier molecular flexibility index (Phi) is 4.52. The largest absolute Gasteiger partial charge is 0.481 e. The lowest BCUT2D eigenvalue weighted by Crippen LogP contribution is -2.12. The summed E-state index contributed by atoms with van der Waals surface area (Å²) in [7, 11) is 1.54. The van der Waals surface area contributed by atoms with Crippen molar-refractivity contribution in [3.05, 3.63) is 72.2 Å². The molecular weight excluding hydrogens is 302 g/mol. The maximum absolute atomic E-state index is 12.4. The van der Waals surface area contributed by atoms with Gasteiger partial charge in [0.2, 0.25) is 5.88 Å². The Morgan fingerprint density at radius 2 is 1.79 bits per heavy atom. The number of carbonyl (C=O) groups excluding carboxylic acids is 1. The molecule has 0 atom stereocenters. The Hall–Kier alpha value is -3.21. The van der Waals surface area contributed by atoms with E-state index in [1.807, 2.05) is 37.3 Å². The van der Waals surface area contributed by atoms with Gasteiger partial charge in [-0.1, -0.05) is 29.8 Å². The van der Waals surface area contributed by atoms with E-state index >= 15 is 0 Å². The smallest absolute Gasteiger partial charge is 0.257 e. The number of benzene rings is 1. The van der Waals surface area contributed by atoms with Crippen LogP contribution in [0.3, 0.4) is 0 Å². The van der Waals surface area contributed by atoms with Crippen molar-refractivity contribution in [1.82, 2.24) is 9.97 Å². The van der Waals surface area contributed by atoms with Crippen LogP contribution in [0.5, 0.6) is 5.88 Å². The number of aromatic nitrogens is 2. The molecule has 5 nitrogen and oxygen atoms in total. The second-order valence-electron chi connectivity index (χ2n) is 5.37. The molecule has 0 saturated heterocycles. The van der Waals surface area contributed by atoms with Gasteiger partial charge in [-0.3, -0.25) is 9.78 Å². The monoisotopic (exact) mass is 319 g/mol. The van der Waals surface area contributed by atoms with Gasteiger partial charge in [-0.05, 0) is 24.6 Å². The van der Waals surface area contributed by atoms with Gasteiger partial charge in [0.05, 0.1) is 24.6 Å². The maximum Gasteiger partial charge on any atom is 0.257 e. The molecule has 0 aliphatic heterocycles. The highest BCUT2D eigenvalue weighted by atomic mass is 16.5. The van der Waals surface area contributed by atoms with E-state index in [4.69, 9.17) is 4.74 Å². The fourth-order valence-corrected chi connectivity index (χ4v) is 2.25. The van der Waals surface area contributed by atoms with E-state index in [1.54, 1.807) is 37.8 Å². The minimum Gasteiger partial charge on any atom is -0.481 e. The summed E-state index contributed by atoms with van der Waals surface area (Å²) >= 11 is 0. The average Bonchev–Trinajstić information content (AvgIpc) is 2.63. The van der Waals surface area contributed by atoms with Crippen molar-refractivity contribution in [2.75, 3.05) is 12.4 Å². The van der Waals surface area contributed by atoms with Crippen LogP contribution < -0.4 is 10.1 Å². The van der Waals surface area contributed by atoms with E-state index < -0.39 is 0 Å². The van der Waals surface area contributed by atoms with Gasteiger partial charge in [-0.2, -0.15) is 0 Å². The summed E-state index contributed by atoms with van der Waals surface area (Å²) in [6.07, 6.45) is 4.84. The van der Waals surface area contributed by atoms with E-state index in [2.05, 4.69) is 15.3 Å². The summed E-state index contributed by atoms with van der Waals surface area (Å²) in [5.74, 6) is 0.263. The van der Waals surface area contributed by atoms with Crippen molar-refractivity contribution >= 4 is 11.6 Å². The number of carbonyl (C=O) groups is 1. The number of hydrogen-bond donors (Lipinski definition) is 1. The molecule has 0 aliphatic rings. The van der Waals surface area contributed by atoms with Gasteiger partial charge in [-0.15, -0.1) is 0 Å². The molecule has 0 radical (unpaired) electrons. The number of methoxy groups -OCH3 is 1. The van der Waals surface area contributed by atoms with Gasteiger partial charge in [0.15, 0.2) is 0 Å². The number of anilines is 1. The highest BCUT2D eigenvalue weighted by molar-refractivity contribution is 6.04. The van der Waals surface area contributed by atoms with Crippen molar-refractivity contribution in [3.63, 3.8) is 0 Å². The number of aryl methyl sites for hydroxylation is 1. The van der Waals surface area contributed by atoms with Crippen LogP contribution in [0.2, 0.25) is 0 Å². The summed E-state index contributed by atoms with van der Waals surface area (Å²) in [5, 5.41) is 2.80. The van der Waals surface area contributed by atoms with Crippen LogP contribution in [-0.4, -0.2) is 23.0 Å². The number of nitrogens with zero attached hydrogens (tertiary/aromatic N) is 2. The number of rotatable bonds is 4. The summed E-state index contributed by atoms with van der Waals surface area (Å²) in [6, 6.07) is 13.3. The Morgan fingerprint density at radius 3 is 2.46 bits per heavy atom. The van der Waals surface area contributed by atoms with Crippen molar-refractivity contribution < 1.29 is 9.53 Å². The van der Waals surface area contributed by atoms with E-state index in [1.165, 1.54) is 5.56 Å². The molecule has 0 unspecified atom stereocenters. The van der Waals surface area contributed by atoms with Gasteiger partial charge in [0, 0.05) is 24.0 Å². The van der Waals surface area contributed by atoms with Gasteiger partial charge >= 0.3 is 0 Å². The maximum atomic E-state index is 12.4. The topological polar surface area (TPSA) is 64.1 Å². The Labute approximate surface area is 140 Å². The quantitative estimate of drug-likeness (QED) is 0.796. The number of amides is 1. The third-order valence-electron chi connectivity index (χ3n) is 3.59. The van der Waals surface area contributed by atoms with Crippen LogP contribution in [0, 0.1) is 6.92 Å². The molecule has 5 heteroatoms. The van der Waals surface area contributed by atoms with Gasteiger partial charge in [0.25, 0.3) is 5.91 Å². The molecule has 0 bridgehead atoms. The summed E-state index contributed by atoms with van der Waals surface area (Å²) in [4.78, 5) is 20.6. The molecule has 1 N–H and O–H groups in total. The lowest BCUT2D eigenvalue weighted by molar-refractivity contribution is 0.102. The molecule has 2 aromatic heterocycles. The summed E-state index contributed by atoms with van der Waals surface area (Å²) < 4.78 is 5.00. The lowest BCUT2D eigenvalue weighted by atomic mass is 10.0. The predicted molar refractivity (Wildman–Crippen MR) is 93.2 cm³/mol. The molecule has 0 aliphatic carbocycles. The third-order valence-corrected chi connectivity index (χ3v) is 3.59. The average molecular weight is 319 g/mol. The van der Waals surface area contributed by atoms with Crippen LogP contribution in [0.1, 0.15) is 15.9 Å². The second kappa shape index (κ2) is 6.91. The van der Waals surface area contributed by atoms with E-state index in [-0.39, 0.29) is 5.91 Å². The molecule has 24 heavy (non-hydrogen) atoms. The fraction of sp³-hybridized carbons (Fsp3) is 0.105. The zero-order chi connectivity index (χ0) is 16.9. The number of nitrogens with one attached hydrogen (secondary N) is 1. The van der Waals surface area contributed by atoms with E-state index in [0.717, 1.165) is 11.1 Å². The Bertz CT molecular complexity index is 843. The molecular formula is C19H17N3O2. The third kappa shape index (κ3) is 3.57. The number of hydrogen-bond acceptors (Lipinski definition) is 4. The molecule has 0 fully saturated rings. The Morgan fingerprint density at radius 1 is 1.00 bits per heavy atom. The lowest BCUT2D eigenvalue weighted by Gasteiger charge is -2.07. The van der Waals surface area contributed by atoms with Gasteiger partial charge in [0.1, 0.15) is 0 Å². The highest BCUT2D eigenvalue weighted by Crippen LogP contribution is 2.20. The van der Waals surface area contributed by atoms with Crippen molar-refractivity contribution in [2.45, 2.75) is 6.92 Å². The first-order valence-corrected chi connectivity index (χ1v) is 7.49. The second-order valence-corrected chi connectivity index (χ2v) is 5.37. The van der Waals surface area contributed by atoms with Crippen molar-refractivity contribution in [1.29, 1.82) is 0 Å². The molecule has 2 heterocycles. The molecule has 3 rings (SSSR count). The van der Waals surface area contributed by atoms with Gasteiger partial charge < -0.3 is 10.1 Å². The Balaban J connectivity index is 1.79. The van der Waals surface area contributed by atoms with Crippen LogP contribution in [-0.2, 0) is 0 Å². The molecule has 3 aromatic rings. The van der Waals surface area contributed by atoms with Crippen molar-refractivity contribution in [2.24, 2.45) is 0 Å². The zero-order valence-electron chi connectivity index (χ0n) is 13.5. The van der Waals surface area contributed by atoms with Gasteiger partial charge in [-0.25, -0.2) is 4.98 Å². The minimum atomic E-state index is -0.233. The predicted octanol–water partition coefficient (Wildman–Crippen LogP) is 3.71. The highest BCUT2D eigenvalue weighted by Gasteiger charge is 2.09. The molecule has 0 spiro atoms. The van der Waals surface area contributed by atoms with E-state index in [9.17, 15) is 4.79 Å². The molecule has 120 valence electrons. The van der Waals surface area contributed by atoms with Crippen LogP contribution >= 0.6 is 0 Å². The number of ether oxygens (including phenoxy) is 1. The minimum absolute atomic E-state index is 0.233. The fourth-order valence-electron chi connectivity index (χ4n) is 2.25. The van der Waals surface area contributed by atoms with Crippen LogP contribution in [0.25, 0.3) is 11.1 Å². The first-order chi connectivity index (χ1) is 11.7. The first kappa shape index (κ1) is 15.7. The normalized spacial score (nSPS) is 10.2. The summed E-state index contributed by atoms with van der Waals surface area (Å²) in [6.45, 7) is 2.04. The first-order valence-electron chi connectivity index (χ1n) is 7.49. The van der Waals surface area contributed by atoms with E-state index in [0.29, 0.717) is 17.1 Å². The molecule has 1 aromatic carbocycles. The summed E-state index contributed by atoms with van der Waals surface area (Å²) in [5.41, 5.74) is 4.20. The van der Waals surface area contributed by atoms with Crippen molar-refractivity contribution in [3.8, 4) is 17.0 Å². The number of pyridine rings is 2. The van der Waals surface area contributed by atoms with Crippen LogP contribution in [0.4, 0.5) is 5.69 Å². The SMILES string of the molecule is COc1ccc(NC(=O)c2cncc(-c3ccc(C)cc3)c2)cn1. The molecule has 1 amide bonds. The zero-order valence-corrected chi connectivity index (χ0v) is 13.5. The molecule has 0 saturated carbocycles. The standard InChI is InChI=1S/C19H17N3O2/c1-13-3-5-14(6-4-13)15-9-16(11-20-10-15)19(23)22-17-7-8-18(24-2)21-12-17/h3-12H,1-2H3,(H,22,23). The van der Waals surface area contributed by atoms with Crippen LogP contribution in [0.15, 0.2) is 61.1 Å².